The highest BCUT2D eigenvalue weighted by Gasteiger charge is 2.15. The quantitative estimate of drug-likeness (QED) is 0.678. The first-order valence-electron chi connectivity index (χ1n) is 3.20. The largest absolute Gasteiger partial charge is 0.435 e. The van der Waals surface area contributed by atoms with Gasteiger partial charge in [0.15, 0.2) is 5.69 Å². The van der Waals surface area contributed by atoms with Gasteiger partial charge in [-0.2, -0.15) is 0 Å². The zero-order chi connectivity index (χ0) is 7.84. The molecule has 0 aromatic heterocycles. The summed E-state index contributed by atoms with van der Waals surface area (Å²) >= 11 is 2.25. The highest BCUT2D eigenvalue weighted by Crippen LogP contribution is 2.18. The van der Waals surface area contributed by atoms with Crippen LogP contribution in [0.1, 0.15) is 5.56 Å². The molecule has 4 heteroatoms. The summed E-state index contributed by atoms with van der Waals surface area (Å²) in [7, 11) is 0. The molecule has 0 radical (unpaired) electrons. The van der Waals surface area contributed by atoms with Crippen LogP contribution in [0.2, 0.25) is 0 Å². The molecule has 2 rings (SSSR count). The van der Waals surface area contributed by atoms with Gasteiger partial charge < -0.3 is 5.84 Å². The molecule has 1 aromatic rings. The van der Waals surface area contributed by atoms with Gasteiger partial charge in [0.05, 0.1) is 11.8 Å². The molecular weight excluding hydrogens is 253 g/mol. The van der Waals surface area contributed by atoms with Crippen LogP contribution in [0.15, 0.2) is 23.3 Å². The van der Waals surface area contributed by atoms with Crippen molar-refractivity contribution in [2.75, 3.05) is 0 Å². The number of hydrogen-bond acceptors (Lipinski definition) is 1. The van der Waals surface area contributed by atoms with Crippen molar-refractivity contribution in [3.8, 4) is 0 Å². The number of fused-ring (bicyclic) bond motifs is 1. The van der Waals surface area contributed by atoms with E-state index < -0.39 is 0 Å². The van der Waals surface area contributed by atoms with Crippen molar-refractivity contribution in [2.24, 2.45) is 5.10 Å². The Morgan fingerprint density at radius 1 is 1.45 bits per heavy atom. The number of halogens is 1. The first-order chi connectivity index (χ1) is 5.29. The summed E-state index contributed by atoms with van der Waals surface area (Å²) in [4.78, 5) is 0. The molecule has 0 saturated heterocycles. The summed E-state index contributed by atoms with van der Waals surface area (Å²) in [5, 5.41) is 4.29. The van der Waals surface area contributed by atoms with Crippen LogP contribution in [-0.2, 0) is 0 Å². The summed E-state index contributed by atoms with van der Waals surface area (Å²) in [6, 6.07) is 5.89. The van der Waals surface area contributed by atoms with E-state index in [1.165, 1.54) is 0 Å². The maximum absolute atomic E-state index is 7.43. The first kappa shape index (κ1) is 7.20. The van der Waals surface area contributed by atoms with Crippen molar-refractivity contribution in [3.63, 3.8) is 0 Å². The minimum absolute atomic E-state index is 0.374. The van der Waals surface area contributed by atoms with Gasteiger partial charge in [0.1, 0.15) is 0 Å². The third-order valence-corrected chi connectivity index (χ3v) is 2.57. The number of benzene rings is 1. The fraction of sp³-hybridized carbons (Fsp3) is 0. The SMILES string of the molecule is [NH-][NH+]1N=Cc2c(I)cccc21. The number of nitrogens with zero attached hydrogens (tertiary/aromatic N) is 1. The van der Waals surface area contributed by atoms with Crippen LogP contribution in [0.4, 0.5) is 5.69 Å². The van der Waals surface area contributed by atoms with Crippen LogP contribution >= 0.6 is 22.6 Å². The molecule has 1 aliphatic rings. The van der Waals surface area contributed by atoms with E-state index in [2.05, 4.69) is 27.7 Å². The maximum atomic E-state index is 7.43. The van der Waals surface area contributed by atoms with E-state index in [0.29, 0.717) is 5.12 Å². The third-order valence-electron chi connectivity index (χ3n) is 1.63. The number of quaternary nitrogens is 1. The van der Waals surface area contributed by atoms with Crippen molar-refractivity contribution in [2.45, 2.75) is 0 Å². The molecule has 0 bridgehead atoms. The van der Waals surface area contributed by atoms with Crippen molar-refractivity contribution in [3.05, 3.63) is 33.2 Å². The molecule has 3 nitrogen and oxygen atoms in total. The Balaban J connectivity index is 2.65. The predicted octanol–water partition coefficient (Wildman–Crippen LogP) is 1.12. The molecule has 1 aliphatic heterocycles. The second-order valence-corrected chi connectivity index (χ2v) is 3.47. The van der Waals surface area contributed by atoms with E-state index >= 15 is 0 Å². The lowest BCUT2D eigenvalue weighted by Gasteiger charge is -2.08. The molecule has 1 aromatic carbocycles. The monoisotopic (exact) mass is 259 g/mol. The fourth-order valence-corrected chi connectivity index (χ4v) is 1.71. The Morgan fingerprint density at radius 2 is 2.27 bits per heavy atom. The minimum atomic E-state index is 0.374. The van der Waals surface area contributed by atoms with Crippen LogP contribution in [0.25, 0.3) is 5.84 Å². The zero-order valence-corrected chi connectivity index (χ0v) is 7.79. The molecule has 0 fully saturated rings. The van der Waals surface area contributed by atoms with Crippen molar-refractivity contribution in [1.29, 1.82) is 0 Å². The van der Waals surface area contributed by atoms with Crippen LogP contribution < -0.4 is 5.12 Å². The summed E-state index contributed by atoms with van der Waals surface area (Å²) in [5.74, 6) is 7.43. The Bertz CT molecular complexity index is 321. The van der Waals surface area contributed by atoms with E-state index in [1.807, 2.05) is 18.2 Å². The summed E-state index contributed by atoms with van der Waals surface area (Å²) in [6.45, 7) is 0. The second kappa shape index (κ2) is 2.54. The average Bonchev–Trinajstić information content (AvgIpc) is 2.35. The molecule has 1 unspecified atom stereocenters. The number of hydrogen-bond donors (Lipinski definition) is 1. The highest BCUT2D eigenvalue weighted by atomic mass is 127. The maximum Gasteiger partial charge on any atom is 0.157 e. The van der Waals surface area contributed by atoms with E-state index in [-0.39, 0.29) is 0 Å². The molecule has 0 spiro atoms. The number of nitrogens with one attached hydrogen (secondary N) is 2. The lowest BCUT2D eigenvalue weighted by molar-refractivity contribution is -0.780. The topological polar surface area (TPSA) is 40.6 Å². The normalized spacial score (nSPS) is 20.4. The van der Waals surface area contributed by atoms with Crippen LogP contribution in [0.5, 0.6) is 0 Å². The summed E-state index contributed by atoms with van der Waals surface area (Å²) < 4.78 is 1.16. The van der Waals surface area contributed by atoms with Crippen molar-refractivity contribution < 1.29 is 5.12 Å². The predicted molar refractivity (Wildman–Crippen MR) is 51.7 cm³/mol. The Kier molecular flexibility index (Phi) is 1.67. The molecule has 0 amide bonds. The van der Waals surface area contributed by atoms with Gasteiger partial charge in [-0.3, -0.25) is 0 Å². The molecule has 11 heavy (non-hydrogen) atoms. The molecule has 1 atom stereocenters. The molecule has 0 saturated carbocycles. The van der Waals surface area contributed by atoms with Crippen LogP contribution in [0.3, 0.4) is 0 Å². The summed E-state index contributed by atoms with van der Waals surface area (Å²) in [5.41, 5.74) is 2.02. The second-order valence-electron chi connectivity index (χ2n) is 2.31. The minimum Gasteiger partial charge on any atom is -0.435 e. The lowest BCUT2D eigenvalue weighted by atomic mass is 10.2. The van der Waals surface area contributed by atoms with Crippen LogP contribution in [0, 0.1) is 3.57 Å². The summed E-state index contributed by atoms with van der Waals surface area (Å²) in [6.07, 6.45) is 1.75. The van der Waals surface area contributed by atoms with E-state index in [9.17, 15) is 0 Å². The number of rotatable bonds is 0. The van der Waals surface area contributed by atoms with E-state index in [4.69, 9.17) is 5.84 Å². The average molecular weight is 259 g/mol. The van der Waals surface area contributed by atoms with Crippen molar-refractivity contribution >= 4 is 34.5 Å². The Labute approximate surface area is 78.0 Å². The third kappa shape index (κ3) is 1.07. The molecule has 2 N–H and O–H groups in total. The van der Waals surface area contributed by atoms with Gasteiger partial charge in [-0.25, -0.2) is 5.12 Å². The molecule has 1 heterocycles. The van der Waals surface area contributed by atoms with E-state index in [1.54, 1.807) is 6.21 Å². The van der Waals surface area contributed by atoms with Crippen molar-refractivity contribution in [1.82, 2.24) is 0 Å². The van der Waals surface area contributed by atoms with Gasteiger partial charge in [0.25, 0.3) is 0 Å². The highest BCUT2D eigenvalue weighted by molar-refractivity contribution is 14.1. The zero-order valence-electron chi connectivity index (χ0n) is 5.63. The van der Waals surface area contributed by atoms with Gasteiger partial charge in [-0.05, 0) is 28.7 Å². The standard InChI is InChI=1S/C7H6IN3/c8-6-2-1-3-7-5(6)4-10-11(7)9/h1-4,9,11H. The Morgan fingerprint density at radius 3 is 3.00 bits per heavy atom. The van der Waals surface area contributed by atoms with Crippen LogP contribution in [-0.4, -0.2) is 6.21 Å². The molecule has 0 aliphatic carbocycles. The first-order valence-corrected chi connectivity index (χ1v) is 4.28. The van der Waals surface area contributed by atoms with Gasteiger partial charge in [-0.1, -0.05) is 11.2 Å². The smallest absolute Gasteiger partial charge is 0.157 e. The van der Waals surface area contributed by atoms with E-state index in [0.717, 1.165) is 14.8 Å². The van der Waals surface area contributed by atoms with Gasteiger partial charge >= 0.3 is 0 Å². The lowest BCUT2D eigenvalue weighted by Crippen LogP contribution is -2.93. The molecular formula is C7H6IN3. The van der Waals surface area contributed by atoms with Gasteiger partial charge in [-0.15, -0.1) is 0 Å². The Hall–Kier alpha value is -0.460. The fourth-order valence-electron chi connectivity index (χ4n) is 1.07. The van der Waals surface area contributed by atoms with Gasteiger partial charge in [0, 0.05) is 9.64 Å². The van der Waals surface area contributed by atoms with Gasteiger partial charge in [0.2, 0.25) is 0 Å². The molecule has 56 valence electrons.